The Labute approximate surface area is 73.6 Å². The molecule has 2 atom stereocenters. The van der Waals surface area contributed by atoms with Gasteiger partial charge in [0.05, 0.1) is 0 Å². The van der Waals surface area contributed by atoms with Crippen LogP contribution in [0.5, 0.6) is 0 Å². The molecule has 0 radical (unpaired) electrons. The van der Waals surface area contributed by atoms with Gasteiger partial charge in [-0.15, -0.1) is 0 Å². The van der Waals surface area contributed by atoms with Crippen molar-refractivity contribution in [2.75, 3.05) is 0 Å². The van der Waals surface area contributed by atoms with E-state index in [1.807, 2.05) is 0 Å². The first-order valence-electron chi connectivity index (χ1n) is 4.97. The maximum atomic E-state index is 2.31. The van der Waals surface area contributed by atoms with Crippen LogP contribution < -0.4 is 0 Å². The second-order valence-electron chi connectivity index (χ2n) is 4.32. The lowest BCUT2D eigenvalue weighted by atomic mass is 9.94. The molecule has 62 valence electrons. The molecular formula is C12H14. The molecule has 0 aliphatic heterocycles. The largest absolute Gasteiger partial charge is 0.0622 e. The molecule has 0 heteroatoms. The number of fused-ring (bicyclic) bond motifs is 1. The molecular weight excluding hydrogens is 144 g/mol. The summed E-state index contributed by atoms with van der Waals surface area (Å²) in [5.41, 5.74) is 2.26. The first kappa shape index (κ1) is 6.71. The summed E-state index contributed by atoms with van der Waals surface area (Å²) in [6.45, 7) is 0. The van der Waals surface area contributed by atoms with Crippen LogP contribution in [0.15, 0.2) is 30.3 Å². The van der Waals surface area contributed by atoms with Crippen molar-refractivity contribution >= 4 is 0 Å². The lowest BCUT2D eigenvalue weighted by Gasteiger charge is -2.11. The lowest BCUT2D eigenvalue weighted by Crippen LogP contribution is -2.03. The van der Waals surface area contributed by atoms with Crippen LogP contribution >= 0.6 is 0 Å². The van der Waals surface area contributed by atoms with E-state index in [2.05, 4.69) is 30.3 Å². The summed E-state index contributed by atoms with van der Waals surface area (Å²) < 4.78 is 0. The zero-order valence-corrected chi connectivity index (χ0v) is 7.29. The van der Waals surface area contributed by atoms with E-state index in [-0.39, 0.29) is 0 Å². The molecule has 0 saturated heterocycles. The number of hydrogen-bond donors (Lipinski definition) is 0. The predicted octanol–water partition coefficient (Wildman–Crippen LogP) is 3.13. The Morgan fingerprint density at radius 3 is 2.58 bits per heavy atom. The van der Waals surface area contributed by atoms with Crippen molar-refractivity contribution in [1.29, 1.82) is 0 Å². The van der Waals surface area contributed by atoms with E-state index in [0.29, 0.717) is 5.41 Å². The smallest absolute Gasteiger partial charge is 0.00155 e. The molecule has 0 amide bonds. The van der Waals surface area contributed by atoms with E-state index < -0.39 is 0 Å². The fraction of sp³-hybridized carbons (Fsp3) is 0.500. The van der Waals surface area contributed by atoms with E-state index in [1.54, 1.807) is 5.56 Å². The van der Waals surface area contributed by atoms with Gasteiger partial charge in [-0.1, -0.05) is 36.8 Å². The standard InChI is InChI=1S/C12H14/c1-2-5-10(6-3-1)12-8-4-7-11(12)9-12/h1-3,5-6,11H,4,7-9H2/t11-,12+/m0/s1. The quantitative estimate of drug-likeness (QED) is 0.589. The summed E-state index contributed by atoms with van der Waals surface area (Å²) in [6.07, 6.45) is 5.85. The Kier molecular flexibility index (Phi) is 1.19. The second-order valence-corrected chi connectivity index (χ2v) is 4.32. The SMILES string of the molecule is c1ccc([C@]23CCC[C@H]2C3)cc1. The van der Waals surface area contributed by atoms with Crippen LogP contribution in [0.1, 0.15) is 31.2 Å². The summed E-state index contributed by atoms with van der Waals surface area (Å²) in [5, 5.41) is 0. The molecule has 2 aliphatic rings. The van der Waals surface area contributed by atoms with Crippen LogP contribution in [-0.4, -0.2) is 0 Å². The molecule has 0 bridgehead atoms. The zero-order chi connectivity index (χ0) is 8.02. The third-order valence-corrected chi connectivity index (χ3v) is 3.76. The van der Waals surface area contributed by atoms with Crippen LogP contribution in [-0.2, 0) is 5.41 Å². The fourth-order valence-electron chi connectivity index (χ4n) is 3.00. The number of benzene rings is 1. The highest BCUT2D eigenvalue weighted by atomic mass is 14.6. The van der Waals surface area contributed by atoms with Gasteiger partial charge in [-0.3, -0.25) is 0 Å². The highest BCUT2D eigenvalue weighted by Gasteiger charge is 2.57. The van der Waals surface area contributed by atoms with Gasteiger partial charge in [-0.2, -0.15) is 0 Å². The summed E-state index contributed by atoms with van der Waals surface area (Å²) in [4.78, 5) is 0. The van der Waals surface area contributed by atoms with Crippen molar-refractivity contribution in [3.63, 3.8) is 0 Å². The Morgan fingerprint density at radius 2 is 2.00 bits per heavy atom. The van der Waals surface area contributed by atoms with E-state index in [1.165, 1.54) is 25.7 Å². The van der Waals surface area contributed by atoms with Crippen LogP contribution in [0.4, 0.5) is 0 Å². The molecule has 2 fully saturated rings. The normalized spacial score (nSPS) is 37.8. The van der Waals surface area contributed by atoms with Crippen molar-refractivity contribution in [2.24, 2.45) is 5.92 Å². The van der Waals surface area contributed by atoms with Gasteiger partial charge in [0.1, 0.15) is 0 Å². The zero-order valence-electron chi connectivity index (χ0n) is 7.29. The summed E-state index contributed by atoms with van der Waals surface area (Å²) in [7, 11) is 0. The van der Waals surface area contributed by atoms with Crippen LogP contribution in [0, 0.1) is 5.92 Å². The van der Waals surface area contributed by atoms with Gasteiger partial charge in [-0.05, 0) is 36.2 Å². The molecule has 0 nitrogen and oxygen atoms in total. The van der Waals surface area contributed by atoms with E-state index in [9.17, 15) is 0 Å². The van der Waals surface area contributed by atoms with Crippen molar-refractivity contribution in [2.45, 2.75) is 31.1 Å². The third kappa shape index (κ3) is 0.730. The summed E-state index contributed by atoms with van der Waals surface area (Å²) >= 11 is 0. The van der Waals surface area contributed by atoms with Gasteiger partial charge in [-0.25, -0.2) is 0 Å². The molecule has 0 aromatic heterocycles. The van der Waals surface area contributed by atoms with Gasteiger partial charge >= 0.3 is 0 Å². The minimum Gasteiger partial charge on any atom is -0.0622 e. The van der Waals surface area contributed by atoms with Gasteiger partial charge in [0, 0.05) is 0 Å². The minimum absolute atomic E-state index is 0.654. The van der Waals surface area contributed by atoms with Gasteiger partial charge in [0.25, 0.3) is 0 Å². The van der Waals surface area contributed by atoms with Crippen LogP contribution in [0.3, 0.4) is 0 Å². The van der Waals surface area contributed by atoms with Crippen molar-refractivity contribution in [1.82, 2.24) is 0 Å². The van der Waals surface area contributed by atoms with Gasteiger partial charge in [0.15, 0.2) is 0 Å². The first-order valence-corrected chi connectivity index (χ1v) is 4.97. The maximum Gasteiger partial charge on any atom is -0.00155 e. The molecule has 0 unspecified atom stereocenters. The van der Waals surface area contributed by atoms with Gasteiger partial charge < -0.3 is 0 Å². The molecule has 0 spiro atoms. The number of hydrogen-bond acceptors (Lipinski definition) is 0. The molecule has 1 aromatic rings. The highest BCUT2D eigenvalue weighted by Crippen LogP contribution is 2.64. The molecule has 3 rings (SSSR count). The topological polar surface area (TPSA) is 0 Å². The molecule has 2 saturated carbocycles. The molecule has 0 heterocycles. The lowest BCUT2D eigenvalue weighted by molar-refractivity contribution is 0.657. The maximum absolute atomic E-state index is 2.31. The van der Waals surface area contributed by atoms with E-state index >= 15 is 0 Å². The molecule has 12 heavy (non-hydrogen) atoms. The monoisotopic (exact) mass is 158 g/mol. The van der Waals surface area contributed by atoms with Crippen LogP contribution in [0.25, 0.3) is 0 Å². The first-order chi connectivity index (χ1) is 5.92. The average Bonchev–Trinajstić information content (AvgIpc) is 2.72. The Hall–Kier alpha value is -0.780. The van der Waals surface area contributed by atoms with Crippen LogP contribution in [0.2, 0.25) is 0 Å². The van der Waals surface area contributed by atoms with E-state index in [4.69, 9.17) is 0 Å². The predicted molar refractivity (Wildman–Crippen MR) is 50.1 cm³/mol. The second kappa shape index (κ2) is 2.12. The molecule has 0 N–H and O–H groups in total. The van der Waals surface area contributed by atoms with Gasteiger partial charge in [0.2, 0.25) is 0 Å². The van der Waals surface area contributed by atoms with Crippen molar-refractivity contribution in [3.05, 3.63) is 35.9 Å². The summed E-state index contributed by atoms with van der Waals surface area (Å²) in [6, 6.07) is 11.1. The number of rotatable bonds is 1. The average molecular weight is 158 g/mol. The molecule has 2 aliphatic carbocycles. The van der Waals surface area contributed by atoms with E-state index in [0.717, 1.165) is 5.92 Å². The Balaban J connectivity index is 2.00. The third-order valence-electron chi connectivity index (χ3n) is 3.76. The highest BCUT2D eigenvalue weighted by molar-refractivity contribution is 5.35. The van der Waals surface area contributed by atoms with Crippen molar-refractivity contribution < 1.29 is 0 Å². The summed E-state index contributed by atoms with van der Waals surface area (Å²) in [5.74, 6) is 1.04. The molecule has 1 aromatic carbocycles. The Bertz CT molecular complexity index is 288. The van der Waals surface area contributed by atoms with Crippen molar-refractivity contribution in [3.8, 4) is 0 Å². The minimum atomic E-state index is 0.654. The fourth-order valence-corrected chi connectivity index (χ4v) is 3.00. The Morgan fingerprint density at radius 1 is 1.17 bits per heavy atom.